The highest BCUT2D eigenvalue weighted by molar-refractivity contribution is 5.83. The molecule has 0 radical (unpaired) electrons. The fourth-order valence-electron chi connectivity index (χ4n) is 2.82. The average molecular weight is 609 g/mol. The first-order valence-electron chi connectivity index (χ1n) is 12.3. The molecule has 43 heavy (non-hydrogen) atoms. The third-order valence-electron chi connectivity index (χ3n) is 5.11. The number of carbonyl (C=O) groups excluding carboxylic acids is 6. The monoisotopic (exact) mass is 608 g/mol. The van der Waals surface area contributed by atoms with Crippen LogP contribution in [0.3, 0.4) is 0 Å². The SMILES string of the molecule is C=CC(=O)OCOCC(COCC(COC(=O)C=C)(COC(=O)C=C)COC(=O)C=C)(COC(=O)C=C)COC(=O)C=C. The van der Waals surface area contributed by atoms with Gasteiger partial charge in [-0.2, -0.15) is 0 Å². The highest BCUT2D eigenvalue weighted by Gasteiger charge is 2.40. The molecule has 0 spiro atoms. The summed E-state index contributed by atoms with van der Waals surface area (Å²) in [6.07, 6.45) is 5.38. The Morgan fingerprint density at radius 3 is 0.884 bits per heavy atom. The third-order valence-corrected chi connectivity index (χ3v) is 5.11. The van der Waals surface area contributed by atoms with E-state index >= 15 is 0 Å². The largest absolute Gasteiger partial charge is 0.462 e. The lowest BCUT2D eigenvalue weighted by molar-refractivity contribution is -0.174. The molecule has 0 aliphatic carbocycles. The summed E-state index contributed by atoms with van der Waals surface area (Å²) in [5.74, 6) is -4.93. The Kier molecular flexibility index (Phi) is 18.6. The molecule has 0 aromatic carbocycles. The van der Waals surface area contributed by atoms with Crippen molar-refractivity contribution in [1.82, 2.24) is 0 Å². The van der Waals surface area contributed by atoms with Crippen molar-refractivity contribution in [3.05, 3.63) is 75.9 Å². The third kappa shape index (κ3) is 16.3. The smallest absolute Gasteiger partial charge is 0.332 e. The topological polar surface area (TPSA) is 176 Å². The number of carbonyl (C=O) groups is 6. The van der Waals surface area contributed by atoms with Crippen LogP contribution in [-0.2, 0) is 66.7 Å². The van der Waals surface area contributed by atoms with Crippen molar-refractivity contribution in [3.8, 4) is 0 Å². The van der Waals surface area contributed by atoms with Gasteiger partial charge in [-0.15, -0.1) is 0 Å². The fraction of sp³-hybridized carbons (Fsp3) is 0.379. The summed E-state index contributed by atoms with van der Waals surface area (Å²) in [4.78, 5) is 70.7. The molecule has 236 valence electrons. The minimum absolute atomic E-state index is 0.360. The van der Waals surface area contributed by atoms with E-state index in [2.05, 4.69) is 39.5 Å². The first-order chi connectivity index (χ1) is 20.4. The van der Waals surface area contributed by atoms with Crippen LogP contribution in [0.2, 0.25) is 0 Å². The summed E-state index contributed by atoms with van der Waals surface area (Å²) < 4.78 is 42.0. The minimum Gasteiger partial charge on any atom is -0.462 e. The van der Waals surface area contributed by atoms with E-state index in [0.29, 0.717) is 0 Å². The molecule has 14 nitrogen and oxygen atoms in total. The second-order valence-corrected chi connectivity index (χ2v) is 8.69. The molecule has 0 unspecified atom stereocenters. The molecule has 0 heterocycles. The zero-order valence-electron chi connectivity index (χ0n) is 23.8. The molecular weight excluding hydrogens is 572 g/mol. The van der Waals surface area contributed by atoms with Gasteiger partial charge in [0.15, 0.2) is 6.79 Å². The summed E-state index contributed by atoms with van der Waals surface area (Å²) in [5.41, 5.74) is -2.92. The van der Waals surface area contributed by atoms with E-state index in [1.807, 2.05) is 0 Å². The maximum Gasteiger partial charge on any atom is 0.332 e. The number of ether oxygens (including phenoxy) is 8. The molecule has 0 fully saturated rings. The Hall–Kier alpha value is -4.82. The van der Waals surface area contributed by atoms with E-state index in [-0.39, 0.29) is 13.2 Å². The molecular formula is C29H36O14. The van der Waals surface area contributed by atoms with Crippen LogP contribution in [0.5, 0.6) is 0 Å². The Morgan fingerprint density at radius 2 is 0.605 bits per heavy atom. The predicted molar refractivity (Wildman–Crippen MR) is 149 cm³/mol. The summed E-state index contributed by atoms with van der Waals surface area (Å²) in [6, 6.07) is 0. The van der Waals surface area contributed by atoms with Gasteiger partial charge in [0, 0.05) is 36.5 Å². The fourth-order valence-corrected chi connectivity index (χ4v) is 2.82. The predicted octanol–water partition coefficient (Wildman–Crippen LogP) is 1.33. The standard InChI is InChI=1S/C29H36O14/c1-7-22(30)38-16-28(17-39-23(31)8-2,15-37-21-43-27(35)12-6)13-36-14-29(18-40-24(32)9-3,19-41-25(33)10-4)20-42-26(34)11-5/h7-12H,1-6,13-21H2. The van der Waals surface area contributed by atoms with Crippen LogP contribution in [-0.4, -0.2) is 95.5 Å². The van der Waals surface area contributed by atoms with Crippen LogP contribution in [0.15, 0.2) is 75.9 Å². The average Bonchev–Trinajstić information content (AvgIpc) is 3.03. The summed E-state index contributed by atoms with van der Waals surface area (Å²) in [7, 11) is 0. The van der Waals surface area contributed by atoms with Crippen molar-refractivity contribution in [2.24, 2.45) is 10.8 Å². The zero-order chi connectivity index (χ0) is 32.7. The van der Waals surface area contributed by atoms with Crippen molar-refractivity contribution in [3.63, 3.8) is 0 Å². The molecule has 0 atom stereocenters. The van der Waals surface area contributed by atoms with E-state index in [1.165, 1.54) is 0 Å². The molecule has 0 amide bonds. The lowest BCUT2D eigenvalue weighted by Crippen LogP contribution is -2.47. The molecule has 0 saturated carbocycles. The molecule has 0 N–H and O–H groups in total. The molecule has 0 bridgehead atoms. The number of hydrogen-bond donors (Lipinski definition) is 0. The zero-order valence-corrected chi connectivity index (χ0v) is 23.8. The van der Waals surface area contributed by atoms with Crippen molar-refractivity contribution in [2.45, 2.75) is 0 Å². The van der Waals surface area contributed by atoms with E-state index in [4.69, 9.17) is 37.9 Å². The second-order valence-electron chi connectivity index (χ2n) is 8.69. The van der Waals surface area contributed by atoms with Crippen LogP contribution in [0, 0.1) is 10.8 Å². The van der Waals surface area contributed by atoms with Gasteiger partial charge in [0.25, 0.3) is 0 Å². The van der Waals surface area contributed by atoms with Crippen LogP contribution < -0.4 is 0 Å². The van der Waals surface area contributed by atoms with Gasteiger partial charge in [-0.1, -0.05) is 39.5 Å². The normalized spacial score (nSPS) is 10.6. The van der Waals surface area contributed by atoms with Crippen LogP contribution in [0.4, 0.5) is 0 Å². The van der Waals surface area contributed by atoms with Gasteiger partial charge in [-0.05, 0) is 0 Å². The summed E-state index contributed by atoms with van der Waals surface area (Å²) in [6.45, 7) is 15.8. The van der Waals surface area contributed by atoms with Crippen LogP contribution in [0.1, 0.15) is 0 Å². The first kappa shape index (κ1) is 38.2. The molecule has 14 heteroatoms. The quantitative estimate of drug-likeness (QED) is 0.0504. The molecule has 0 aliphatic heterocycles. The van der Waals surface area contributed by atoms with E-state index in [0.717, 1.165) is 36.5 Å². The van der Waals surface area contributed by atoms with Gasteiger partial charge >= 0.3 is 35.8 Å². The Balaban J connectivity index is 6.28. The van der Waals surface area contributed by atoms with E-state index in [9.17, 15) is 28.8 Å². The van der Waals surface area contributed by atoms with Gasteiger partial charge in [-0.25, -0.2) is 28.8 Å². The molecule has 0 aromatic heterocycles. The summed E-state index contributed by atoms with van der Waals surface area (Å²) in [5, 5.41) is 0. The number of esters is 6. The van der Waals surface area contributed by atoms with Crippen molar-refractivity contribution >= 4 is 35.8 Å². The van der Waals surface area contributed by atoms with Crippen molar-refractivity contribution < 1.29 is 66.7 Å². The maximum atomic E-state index is 11.9. The van der Waals surface area contributed by atoms with Crippen LogP contribution in [0.25, 0.3) is 0 Å². The molecule has 0 rings (SSSR count). The Labute approximate surface area is 249 Å². The Morgan fingerprint density at radius 1 is 0.372 bits per heavy atom. The molecule has 0 saturated heterocycles. The van der Waals surface area contributed by atoms with Gasteiger partial charge in [0.05, 0.1) is 30.7 Å². The lowest BCUT2D eigenvalue weighted by Gasteiger charge is -2.35. The van der Waals surface area contributed by atoms with Crippen LogP contribution >= 0.6 is 0 Å². The van der Waals surface area contributed by atoms with Gasteiger partial charge in [-0.3, -0.25) is 0 Å². The molecule has 0 aromatic rings. The van der Waals surface area contributed by atoms with E-state index in [1.54, 1.807) is 0 Å². The van der Waals surface area contributed by atoms with Gasteiger partial charge in [0.2, 0.25) is 0 Å². The first-order valence-corrected chi connectivity index (χ1v) is 12.3. The van der Waals surface area contributed by atoms with Crippen molar-refractivity contribution in [1.29, 1.82) is 0 Å². The highest BCUT2D eigenvalue weighted by atomic mass is 16.7. The highest BCUT2D eigenvalue weighted by Crippen LogP contribution is 2.26. The van der Waals surface area contributed by atoms with Gasteiger partial charge < -0.3 is 37.9 Å². The van der Waals surface area contributed by atoms with E-state index < -0.39 is 93.1 Å². The minimum atomic E-state index is -1.49. The summed E-state index contributed by atoms with van der Waals surface area (Å²) >= 11 is 0. The number of hydrogen-bond acceptors (Lipinski definition) is 14. The second kappa shape index (κ2) is 21.0. The number of rotatable bonds is 24. The molecule has 0 aliphatic rings. The lowest BCUT2D eigenvalue weighted by atomic mass is 9.90. The maximum absolute atomic E-state index is 11.9. The van der Waals surface area contributed by atoms with Gasteiger partial charge in [0.1, 0.15) is 33.0 Å². The Bertz CT molecular complexity index is 974. The van der Waals surface area contributed by atoms with Crippen molar-refractivity contribution in [2.75, 3.05) is 59.6 Å².